The molecule has 0 unspecified atom stereocenters. The molecule has 0 saturated carbocycles. The number of carboxylic acids is 1. The van der Waals surface area contributed by atoms with E-state index in [1.807, 2.05) is 30.3 Å². The molecule has 0 saturated heterocycles. The number of carboxylic acid groups (broad SMARTS) is 1. The average molecular weight is 180 g/mol. The average Bonchev–Trinajstić information content (AvgIpc) is 2.06. The summed E-state index contributed by atoms with van der Waals surface area (Å²) in [5.74, 6) is -0.959. The van der Waals surface area contributed by atoms with E-state index in [4.69, 9.17) is 10.8 Å². The summed E-state index contributed by atoms with van der Waals surface area (Å²) in [6.07, 6.45) is 0.385. The number of carbonyl (C=O) groups is 1. The summed E-state index contributed by atoms with van der Waals surface area (Å²) < 4.78 is 0. The Morgan fingerprint density at radius 3 is 2.38 bits per heavy atom. The van der Waals surface area contributed by atoms with Crippen LogP contribution in [0.4, 0.5) is 0 Å². The van der Waals surface area contributed by atoms with Crippen molar-refractivity contribution in [3.8, 4) is 0 Å². The Morgan fingerprint density at radius 1 is 1.38 bits per heavy atom. The third kappa shape index (κ3) is 3.71. The predicted octanol–water partition coefficient (Wildman–Crippen LogP) is 1.09. The van der Waals surface area contributed by atoms with E-state index in [9.17, 15) is 4.79 Å². The fraction of sp³-hybridized carbons (Fsp3) is 0.200. The summed E-state index contributed by atoms with van der Waals surface area (Å²) in [6, 6.07) is 8.54. The van der Waals surface area contributed by atoms with E-state index < -0.39 is 12.0 Å². The highest BCUT2D eigenvalue weighted by molar-refractivity contribution is 5.73. The molecule has 0 fully saturated rings. The lowest BCUT2D eigenvalue weighted by atomic mass is 10.1. The summed E-state index contributed by atoms with van der Waals surface area (Å²) in [6.45, 7) is 0. The normalized spacial score (nSPS) is 11.5. The number of hydrogen-bond donors (Lipinski definition) is 2. The van der Waals surface area contributed by atoms with E-state index >= 15 is 0 Å². The Morgan fingerprint density at radius 2 is 1.92 bits per heavy atom. The molecule has 0 aliphatic carbocycles. The van der Waals surface area contributed by atoms with Gasteiger partial charge in [0.15, 0.2) is 0 Å². The lowest BCUT2D eigenvalue weighted by Crippen LogP contribution is -2.32. The Hall–Kier alpha value is -1.35. The van der Waals surface area contributed by atoms with Gasteiger partial charge in [-0.05, 0) is 12.0 Å². The van der Waals surface area contributed by atoms with Gasteiger partial charge in [-0.2, -0.15) is 0 Å². The van der Waals surface area contributed by atoms with Crippen molar-refractivity contribution >= 4 is 5.97 Å². The van der Waals surface area contributed by atoms with E-state index in [1.54, 1.807) is 0 Å². The van der Waals surface area contributed by atoms with Gasteiger partial charge in [0.25, 0.3) is 0 Å². The molecule has 1 aromatic rings. The van der Waals surface area contributed by atoms with Gasteiger partial charge < -0.3 is 10.8 Å². The van der Waals surface area contributed by atoms with Gasteiger partial charge in [0.05, 0.1) is 0 Å². The van der Waals surface area contributed by atoms with Crippen LogP contribution in [-0.4, -0.2) is 17.1 Å². The number of aliphatic carboxylic acids is 1. The van der Waals surface area contributed by atoms with E-state index in [-0.39, 0.29) is 7.43 Å². The molecule has 1 atom stereocenters. The number of nitrogens with two attached hydrogens (primary N) is 1. The van der Waals surface area contributed by atoms with Crippen LogP contribution in [0.2, 0.25) is 0 Å². The highest BCUT2D eigenvalue weighted by atomic mass is 16.4. The molecule has 0 aromatic heterocycles. The molecule has 0 bridgehead atoms. The Kier molecular flexibility index (Phi) is 4.77. The van der Waals surface area contributed by atoms with Crippen LogP contribution in [0.15, 0.2) is 30.3 Å². The monoisotopic (exact) mass is 180 g/mol. The second-order valence-electron chi connectivity index (χ2n) is 2.63. The predicted molar refractivity (Wildman–Crippen MR) is 52.2 cm³/mol. The molecule has 71 valence electrons. The van der Waals surface area contributed by atoms with Gasteiger partial charge in [-0.25, -0.2) is 0 Å². The van der Waals surface area contributed by atoms with Gasteiger partial charge in [-0.3, -0.25) is 4.79 Å². The van der Waals surface area contributed by atoms with Crippen molar-refractivity contribution < 1.29 is 9.90 Å². The lowest BCUT2D eigenvalue weighted by Gasteiger charge is -2.04. The number of hydrogen-bond acceptors (Lipinski definition) is 2. The first kappa shape index (κ1) is 11.6. The standard InChI is InChI=1S/C9H11NO2.CH3/c10-8(9(11)12)6-7-4-2-1-3-5-7;/h1-5,8H,6,10H2,(H,11,12);1H3/t8-;/m0./s1. The van der Waals surface area contributed by atoms with Gasteiger partial charge in [0.2, 0.25) is 0 Å². The first-order valence-corrected chi connectivity index (χ1v) is 3.72. The van der Waals surface area contributed by atoms with Crippen molar-refractivity contribution in [2.75, 3.05) is 0 Å². The number of benzene rings is 1. The fourth-order valence-corrected chi connectivity index (χ4v) is 0.955. The van der Waals surface area contributed by atoms with Gasteiger partial charge >= 0.3 is 5.97 Å². The summed E-state index contributed by atoms with van der Waals surface area (Å²) in [7, 11) is 0. The SMILES string of the molecule is N[C@@H](Cc1ccccc1)C(=O)O.[CH3]. The second kappa shape index (κ2) is 5.32. The van der Waals surface area contributed by atoms with Crippen LogP contribution in [0, 0.1) is 7.43 Å². The maximum absolute atomic E-state index is 10.4. The molecule has 3 heteroatoms. The highest BCUT2D eigenvalue weighted by Crippen LogP contribution is 2.01. The van der Waals surface area contributed by atoms with Crippen molar-refractivity contribution in [3.63, 3.8) is 0 Å². The lowest BCUT2D eigenvalue weighted by molar-refractivity contribution is -0.138. The first-order chi connectivity index (χ1) is 5.70. The molecular formula is C10H14NO2. The maximum atomic E-state index is 10.4. The zero-order valence-corrected chi connectivity index (χ0v) is 7.60. The van der Waals surface area contributed by atoms with E-state index in [1.165, 1.54) is 0 Å². The van der Waals surface area contributed by atoms with Gasteiger partial charge in [-0.15, -0.1) is 0 Å². The van der Waals surface area contributed by atoms with Gasteiger partial charge in [-0.1, -0.05) is 37.8 Å². The van der Waals surface area contributed by atoms with Crippen LogP contribution < -0.4 is 5.73 Å². The summed E-state index contributed by atoms with van der Waals surface area (Å²) in [5, 5.41) is 8.52. The minimum atomic E-state index is -0.959. The summed E-state index contributed by atoms with van der Waals surface area (Å²) in [4.78, 5) is 10.4. The summed E-state index contributed by atoms with van der Waals surface area (Å²) in [5.41, 5.74) is 6.30. The van der Waals surface area contributed by atoms with Crippen molar-refractivity contribution in [1.82, 2.24) is 0 Å². The molecule has 0 amide bonds. The molecule has 1 aromatic carbocycles. The maximum Gasteiger partial charge on any atom is 0.320 e. The van der Waals surface area contributed by atoms with E-state index in [0.29, 0.717) is 6.42 Å². The van der Waals surface area contributed by atoms with Crippen molar-refractivity contribution in [2.45, 2.75) is 12.5 Å². The molecule has 3 N–H and O–H groups in total. The Bertz CT molecular complexity index is 259. The Labute approximate surface area is 78.2 Å². The minimum Gasteiger partial charge on any atom is -0.480 e. The third-order valence-electron chi connectivity index (χ3n) is 1.62. The molecule has 3 nitrogen and oxygen atoms in total. The van der Waals surface area contributed by atoms with Gasteiger partial charge in [0.1, 0.15) is 6.04 Å². The Balaban J connectivity index is 0.00000144. The first-order valence-electron chi connectivity index (χ1n) is 3.72. The molecule has 1 rings (SSSR count). The topological polar surface area (TPSA) is 63.3 Å². The van der Waals surface area contributed by atoms with Crippen LogP contribution in [-0.2, 0) is 11.2 Å². The molecule has 1 radical (unpaired) electrons. The van der Waals surface area contributed by atoms with Crippen molar-refractivity contribution in [2.24, 2.45) is 5.73 Å². The number of rotatable bonds is 3. The molecule has 0 spiro atoms. The van der Waals surface area contributed by atoms with E-state index in [2.05, 4.69) is 0 Å². The zero-order chi connectivity index (χ0) is 8.97. The molecule has 0 heterocycles. The fourth-order valence-electron chi connectivity index (χ4n) is 0.955. The van der Waals surface area contributed by atoms with Crippen molar-refractivity contribution in [3.05, 3.63) is 43.3 Å². The second-order valence-corrected chi connectivity index (χ2v) is 2.63. The smallest absolute Gasteiger partial charge is 0.320 e. The molecule has 0 aliphatic rings. The highest BCUT2D eigenvalue weighted by Gasteiger charge is 2.10. The third-order valence-corrected chi connectivity index (χ3v) is 1.62. The van der Waals surface area contributed by atoms with Crippen molar-refractivity contribution in [1.29, 1.82) is 0 Å². The molecule has 13 heavy (non-hydrogen) atoms. The quantitative estimate of drug-likeness (QED) is 0.731. The molecular weight excluding hydrogens is 166 g/mol. The van der Waals surface area contributed by atoms with Crippen LogP contribution in [0.3, 0.4) is 0 Å². The molecule has 0 aliphatic heterocycles. The minimum absolute atomic E-state index is 0. The van der Waals surface area contributed by atoms with Crippen LogP contribution in [0.1, 0.15) is 5.56 Å². The van der Waals surface area contributed by atoms with Gasteiger partial charge in [0, 0.05) is 0 Å². The summed E-state index contributed by atoms with van der Waals surface area (Å²) >= 11 is 0. The van der Waals surface area contributed by atoms with Crippen LogP contribution >= 0.6 is 0 Å². The van der Waals surface area contributed by atoms with E-state index in [0.717, 1.165) is 5.56 Å². The van der Waals surface area contributed by atoms with Crippen LogP contribution in [0.25, 0.3) is 0 Å². The zero-order valence-electron chi connectivity index (χ0n) is 7.60. The largest absolute Gasteiger partial charge is 0.480 e. The van der Waals surface area contributed by atoms with Crippen LogP contribution in [0.5, 0.6) is 0 Å².